The molecule has 4 aromatic heterocycles. The van der Waals surface area contributed by atoms with Crippen molar-refractivity contribution >= 4 is 77.4 Å². The summed E-state index contributed by atoms with van der Waals surface area (Å²) in [5.74, 6) is 1.19. The molecule has 2 aliphatic rings. The summed E-state index contributed by atoms with van der Waals surface area (Å²) in [5.41, 5.74) is 7.72. The quantitative estimate of drug-likeness (QED) is 0.222. The SMILES string of the molecule is C1=c2c(n3c4ccccc4c4cccc2c43)=CC2c3cc4c(cc3O[C@@H]12)c1cccc2c3ccccc3n4c21. The molecule has 0 spiro atoms. The molecular formula is C36H20N2O. The first-order valence-electron chi connectivity index (χ1n) is 13.7. The molecule has 0 saturated carbocycles. The van der Waals surface area contributed by atoms with Gasteiger partial charge in [-0.3, -0.25) is 0 Å². The molecule has 0 bridgehead atoms. The van der Waals surface area contributed by atoms with E-state index in [0.29, 0.717) is 0 Å². The van der Waals surface area contributed by atoms with Crippen molar-refractivity contribution in [2.24, 2.45) is 0 Å². The lowest BCUT2D eigenvalue weighted by Gasteiger charge is -2.15. The van der Waals surface area contributed by atoms with Crippen LogP contribution in [0.4, 0.5) is 0 Å². The van der Waals surface area contributed by atoms with Gasteiger partial charge in [0.1, 0.15) is 11.9 Å². The number of rotatable bonds is 0. The van der Waals surface area contributed by atoms with Gasteiger partial charge in [0.2, 0.25) is 0 Å². The Morgan fingerprint density at radius 3 is 1.90 bits per heavy atom. The molecule has 0 amide bonds. The third kappa shape index (κ3) is 2.03. The fourth-order valence-electron chi connectivity index (χ4n) is 7.97. The van der Waals surface area contributed by atoms with Crippen LogP contribution in [0.2, 0.25) is 0 Å². The molecule has 1 aliphatic heterocycles. The summed E-state index contributed by atoms with van der Waals surface area (Å²) in [6.07, 6.45) is 4.85. The van der Waals surface area contributed by atoms with Crippen molar-refractivity contribution in [1.29, 1.82) is 0 Å². The molecule has 1 unspecified atom stereocenters. The average molecular weight is 497 g/mol. The minimum Gasteiger partial charge on any atom is -0.485 e. The third-order valence-corrected chi connectivity index (χ3v) is 9.50. The van der Waals surface area contributed by atoms with Crippen molar-refractivity contribution in [2.45, 2.75) is 12.0 Å². The van der Waals surface area contributed by atoms with Crippen LogP contribution in [0.15, 0.2) is 97.1 Å². The predicted octanol–water partition coefficient (Wildman–Crippen LogP) is 6.95. The van der Waals surface area contributed by atoms with Crippen LogP contribution in [0.25, 0.3) is 77.4 Å². The van der Waals surface area contributed by atoms with Gasteiger partial charge < -0.3 is 13.5 Å². The molecule has 1 aliphatic carbocycles. The molecule has 5 heterocycles. The minimum atomic E-state index is 0.00377. The Bertz CT molecular complexity index is 2650. The monoisotopic (exact) mass is 496 g/mol. The Morgan fingerprint density at radius 1 is 0.513 bits per heavy atom. The van der Waals surface area contributed by atoms with Crippen LogP contribution in [0.3, 0.4) is 0 Å². The van der Waals surface area contributed by atoms with E-state index in [-0.39, 0.29) is 12.0 Å². The van der Waals surface area contributed by atoms with Crippen LogP contribution in [0, 0.1) is 0 Å². The van der Waals surface area contributed by atoms with Gasteiger partial charge >= 0.3 is 0 Å². The number of para-hydroxylation sites is 4. The average Bonchev–Trinajstić information content (AvgIpc) is 3.76. The Morgan fingerprint density at radius 2 is 1.13 bits per heavy atom. The normalized spacial score (nSPS) is 18.4. The Labute approximate surface area is 221 Å². The van der Waals surface area contributed by atoms with Crippen LogP contribution in [-0.4, -0.2) is 14.9 Å². The Balaban J connectivity index is 1.26. The first kappa shape index (κ1) is 19.1. The smallest absolute Gasteiger partial charge is 0.128 e. The topological polar surface area (TPSA) is 18.1 Å². The lowest BCUT2D eigenvalue weighted by Crippen LogP contribution is -2.35. The van der Waals surface area contributed by atoms with Crippen molar-refractivity contribution in [1.82, 2.24) is 8.80 Å². The number of hydrogen-bond acceptors (Lipinski definition) is 1. The van der Waals surface area contributed by atoms with Gasteiger partial charge in [0.15, 0.2) is 0 Å². The second-order valence-corrected chi connectivity index (χ2v) is 11.3. The van der Waals surface area contributed by atoms with Gasteiger partial charge in [-0.25, -0.2) is 0 Å². The zero-order valence-electron chi connectivity index (χ0n) is 20.8. The summed E-state index contributed by atoms with van der Waals surface area (Å²) in [7, 11) is 0. The van der Waals surface area contributed by atoms with Gasteiger partial charge in [-0.2, -0.15) is 0 Å². The molecule has 2 atom stereocenters. The summed E-state index contributed by atoms with van der Waals surface area (Å²) in [5, 5.41) is 11.7. The summed E-state index contributed by atoms with van der Waals surface area (Å²) in [6.45, 7) is 0. The first-order valence-corrected chi connectivity index (χ1v) is 13.7. The van der Waals surface area contributed by atoms with Crippen LogP contribution < -0.4 is 15.3 Å². The van der Waals surface area contributed by atoms with Crippen molar-refractivity contribution in [3.05, 3.63) is 113 Å². The van der Waals surface area contributed by atoms with E-state index < -0.39 is 0 Å². The van der Waals surface area contributed by atoms with E-state index in [0.717, 1.165) is 5.75 Å². The maximum absolute atomic E-state index is 6.72. The van der Waals surface area contributed by atoms with E-state index in [4.69, 9.17) is 4.74 Å². The maximum Gasteiger partial charge on any atom is 0.128 e. The van der Waals surface area contributed by atoms with Gasteiger partial charge in [0, 0.05) is 54.4 Å². The largest absolute Gasteiger partial charge is 0.485 e. The molecule has 0 saturated heterocycles. The highest BCUT2D eigenvalue weighted by atomic mass is 16.5. The minimum absolute atomic E-state index is 0.00377. The molecule has 3 heteroatoms. The van der Waals surface area contributed by atoms with Crippen molar-refractivity contribution in [3.8, 4) is 5.75 Å². The fourth-order valence-corrected chi connectivity index (χ4v) is 7.97. The number of aromatic nitrogens is 2. The molecule has 0 fully saturated rings. The van der Waals surface area contributed by atoms with Gasteiger partial charge in [-0.15, -0.1) is 0 Å². The third-order valence-electron chi connectivity index (χ3n) is 9.50. The molecular weight excluding hydrogens is 476 g/mol. The lowest BCUT2D eigenvalue weighted by molar-refractivity contribution is 0.288. The van der Waals surface area contributed by atoms with E-state index in [1.807, 2.05) is 0 Å². The standard InChI is InChI=1S/C36H20N2O/c1-3-13-29-19(7-1)21-9-5-11-23-25-17-33-27(15-31(25)37(29)35(21)23)28-16-32-26(18-34(28)39-33)24-12-6-10-22-20-8-2-4-14-30(20)38(32)36(22)24/h1-18,27,33H/t27?,33-/m0/s1. The zero-order chi connectivity index (χ0) is 25.0. The predicted molar refractivity (Wildman–Crippen MR) is 160 cm³/mol. The number of fused-ring (bicyclic) bond motifs is 15. The molecule has 39 heavy (non-hydrogen) atoms. The Hall–Kier alpha value is -5.02. The highest BCUT2D eigenvalue weighted by Crippen LogP contribution is 2.47. The second-order valence-electron chi connectivity index (χ2n) is 11.3. The van der Waals surface area contributed by atoms with Crippen molar-refractivity contribution in [2.75, 3.05) is 0 Å². The second kappa shape index (κ2) is 6.16. The highest BCUT2D eigenvalue weighted by Gasteiger charge is 2.35. The number of benzene rings is 5. The Kier molecular flexibility index (Phi) is 3.02. The van der Waals surface area contributed by atoms with Gasteiger partial charge in [-0.05, 0) is 36.4 Å². The van der Waals surface area contributed by atoms with Crippen LogP contribution >= 0.6 is 0 Å². The van der Waals surface area contributed by atoms with Gasteiger partial charge in [0.05, 0.1) is 32.9 Å². The number of hydrogen-bond donors (Lipinski definition) is 0. The summed E-state index contributed by atoms with van der Waals surface area (Å²) < 4.78 is 11.7. The lowest BCUT2D eigenvalue weighted by atomic mass is 9.90. The van der Waals surface area contributed by atoms with E-state index in [9.17, 15) is 0 Å². The zero-order valence-corrected chi connectivity index (χ0v) is 20.8. The first-order chi connectivity index (χ1) is 19.3. The molecule has 0 radical (unpaired) electrons. The van der Waals surface area contributed by atoms with E-state index in [2.05, 4.69) is 118 Å². The highest BCUT2D eigenvalue weighted by molar-refractivity contribution is 6.23. The van der Waals surface area contributed by atoms with Crippen LogP contribution in [0.1, 0.15) is 11.5 Å². The van der Waals surface area contributed by atoms with Crippen LogP contribution in [-0.2, 0) is 0 Å². The summed E-state index contributed by atoms with van der Waals surface area (Å²) in [4.78, 5) is 0. The summed E-state index contributed by atoms with van der Waals surface area (Å²) >= 11 is 0. The maximum atomic E-state index is 6.72. The summed E-state index contributed by atoms with van der Waals surface area (Å²) in [6, 6.07) is 35.7. The fraction of sp³-hybridized carbons (Fsp3) is 0.0556. The van der Waals surface area contributed by atoms with E-state index in [1.54, 1.807) is 0 Å². The number of nitrogens with zero attached hydrogens (tertiary/aromatic N) is 2. The molecule has 180 valence electrons. The molecule has 3 nitrogen and oxygen atoms in total. The van der Waals surface area contributed by atoms with Crippen molar-refractivity contribution < 1.29 is 4.74 Å². The molecule has 5 aromatic carbocycles. The molecule has 0 N–H and O–H groups in total. The molecule has 11 rings (SSSR count). The number of ether oxygens (including phenoxy) is 1. The van der Waals surface area contributed by atoms with Crippen LogP contribution in [0.5, 0.6) is 5.75 Å². The van der Waals surface area contributed by atoms with Gasteiger partial charge in [0.25, 0.3) is 0 Å². The van der Waals surface area contributed by atoms with E-state index in [1.165, 1.54) is 81.4 Å². The van der Waals surface area contributed by atoms with Gasteiger partial charge in [-0.1, -0.05) is 72.8 Å². The van der Waals surface area contributed by atoms with Crippen molar-refractivity contribution in [3.63, 3.8) is 0 Å². The van der Waals surface area contributed by atoms with E-state index >= 15 is 0 Å². The molecule has 9 aromatic rings.